The molecule has 1 saturated heterocycles. The zero-order valence-corrected chi connectivity index (χ0v) is 10.9. The summed E-state index contributed by atoms with van der Waals surface area (Å²) in [4.78, 5) is 24.3. The van der Waals surface area contributed by atoms with Crippen LogP contribution in [0.1, 0.15) is 18.4 Å². The second-order valence-electron chi connectivity index (χ2n) is 4.82. The topological polar surface area (TPSA) is 93.4 Å². The summed E-state index contributed by atoms with van der Waals surface area (Å²) in [5, 5.41) is 20.3. The number of anilines is 1. The fraction of sp³-hybridized carbons (Fsp3) is 0.357. The van der Waals surface area contributed by atoms with E-state index in [2.05, 4.69) is 5.32 Å². The molecule has 20 heavy (non-hydrogen) atoms. The summed E-state index contributed by atoms with van der Waals surface area (Å²) < 4.78 is 0. The summed E-state index contributed by atoms with van der Waals surface area (Å²) in [5.41, 5.74) is 1.05. The summed E-state index contributed by atoms with van der Waals surface area (Å²) in [5.74, 6) is -0.817. The highest BCUT2D eigenvalue weighted by molar-refractivity contribution is 5.89. The number of rotatable bonds is 3. The molecule has 1 heterocycles. The van der Waals surface area contributed by atoms with E-state index in [4.69, 9.17) is 10.4 Å². The molecule has 0 radical (unpaired) electrons. The molecule has 1 atom stereocenters. The summed E-state index contributed by atoms with van der Waals surface area (Å²) in [6.45, 7) is 1.01. The molecule has 2 rings (SSSR count). The zero-order valence-electron chi connectivity index (χ0n) is 10.9. The van der Waals surface area contributed by atoms with E-state index in [1.807, 2.05) is 6.07 Å². The monoisotopic (exact) mass is 273 g/mol. The fourth-order valence-electron chi connectivity index (χ4n) is 2.30. The Morgan fingerprint density at radius 1 is 1.50 bits per heavy atom. The number of nitrogens with one attached hydrogen (secondary N) is 1. The Morgan fingerprint density at radius 3 is 3.00 bits per heavy atom. The molecule has 0 spiro atoms. The first kappa shape index (κ1) is 13.9. The highest BCUT2D eigenvalue weighted by Gasteiger charge is 2.27. The largest absolute Gasteiger partial charge is 0.481 e. The highest BCUT2D eigenvalue weighted by Crippen LogP contribution is 2.20. The van der Waals surface area contributed by atoms with Gasteiger partial charge in [-0.3, -0.25) is 4.79 Å². The molecule has 6 heteroatoms. The van der Waals surface area contributed by atoms with Gasteiger partial charge in [-0.05, 0) is 30.5 Å². The summed E-state index contributed by atoms with van der Waals surface area (Å²) >= 11 is 0. The minimum Gasteiger partial charge on any atom is -0.481 e. The van der Waals surface area contributed by atoms with E-state index in [1.165, 1.54) is 0 Å². The molecule has 6 nitrogen and oxygen atoms in total. The Hall–Kier alpha value is -2.55. The van der Waals surface area contributed by atoms with Crippen LogP contribution in [-0.2, 0) is 4.79 Å². The van der Waals surface area contributed by atoms with E-state index in [-0.39, 0.29) is 18.4 Å². The van der Waals surface area contributed by atoms with Crippen LogP contribution in [0.3, 0.4) is 0 Å². The maximum absolute atomic E-state index is 12.0. The number of likely N-dealkylation sites (tertiary alicyclic amines) is 1. The Morgan fingerprint density at radius 2 is 2.30 bits per heavy atom. The predicted octanol–water partition coefficient (Wildman–Crippen LogP) is 1.89. The number of carbonyl (C=O) groups excluding carboxylic acids is 1. The lowest BCUT2D eigenvalue weighted by atomic mass is 10.1. The number of hydrogen-bond donors (Lipinski definition) is 2. The van der Waals surface area contributed by atoms with Crippen molar-refractivity contribution in [2.75, 3.05) is 18.4 Å². The number of urea groups is 1. The van der Waals surface area contributed by atoms with Gasteiger partial charge in [-0.2, -0.15) is 5.26 Å². The van der Waals surface area contributed by atoms with E-state index >= 15 is 0 Å². The molecule has 1 unspecified atom stereocenters. The Labute approximate surface area is 116 Å². The molecule has 2 amide bonds. The minimum atomic E-state index is -0.834. The third-order valence-corrected chi connectivity index (χ3v) is 3.28. The molecular formula is C14H15N3O3. The summed E-state index contributed by atoms with van der Waals surface area (Å²) in [6.07, 6.45) is 0.797. The molecule has 1 aromatic rings. The average molecular weight is 273 g/mol. The van der Waals surface area contributed by atoms with Crippen molar-refractivity contribution in [1.82, 2.24) is 4.90 Å². The third kappa shape index (κ3) is 3.48. The predicted molar refractivity (Wildman–Crippen MR) is 72.1 cm³/mol. The van der Waals surface area contributed by atoms with E-state index < -0.39 is 5.97 Å². The standard InChI is InChI=1S/C14H15N3O3/c15-8-10-2-1-3-12(6-10)16-14(20)17-5-4-11(9-17)7-13(18)19/h1-3,6,11H,4-5,7,9H2,(H,16,20)(H,18,19). The maximum Gasteiger partial charge on any atom is 0.321 e. The van der Waals surface area contributed by atoms with Crippen LogP contribution in [0.5, 0.6) is 0 Å². The number of carboxylic acids is 1. The quantitative estimate of drug-likeness (QED) is 0.879. The van der Waals surface area contributed by atoms with Crippen LogP contribution in [0.4, 0.5) is 10.5 Å². The van der Waals surface area contributed by atoms with Gasteiger partial charge in [0, 0.05) is 25.2 Å². The van der Waals surface area contributed by atoms with Gasteiger partial charge in [0.15, 0.2) is 0 Å². The lowest BCUT2D eigenvalue weighted by Crippen LogP contribution is -2.33. The van der Waals surface area contributed by atoms with Gasteiger partial charge in [-0.15, -0.1) is 0 Å². The molecule has 1 aliphatic heterocycles. The fourth-order valence-corrected chi connectivity index (χ4v) is 2.30. The number of amides is 2. The molecule has 0 aromatic heterocycles. The van der Waals surface area contributed by atoms with Gasteiger partial charge >= 0.3 is 12.0 Å². The Kier molecular flexibility index (Phi) is 4.20. The Balaban J connectivity index is 1.92. The van der Waals surface area contributed by atoms with Gasteiger partial charge < -0.3 is 15.3 Å². The zero-order chi connectivity index (χ0) is 14.5. The second kappa shape index (κ2) is 6.06. The van der Waals surface area contributed by atoms with Crippen LogP contribution < -0.4 is 5.32 Å². The number of hydrogen-bond acceptors (Lipinski definition) is 3. The van der Waals surface area contributed by atoms with Crippen molar-refractivity contribution < 1.29 is 14.7 Å². The van der Waals surface area contributed by atoms with Gasteiger partial charge in [-0.1, -0.05) is 6.07 Å². The van der Waals surface area contributed by atoms with Crippen molar-refractivity contribution in [2.24, 2.45) is 5.92 Å². The van der Waals surface area contributed by atoms with Crippen molar-refractivity contribution >= 4 is 17.7 Å². The van der Waals surface area contributed by atoms with Crippen LogP contribution in [0.25, 0.3) is 0 Å². The molecule has 1 aliphatic rings. The molecular weight excluding hydrogens is 258 g/mol. The SMILES string of the molecule is N#Cc1cccc(NC(=O)N2CCC(CC(=O)O)C2)c1. The first-order valence-electron chi connectivity index (χ1n) is 6.36. The summed E-state index contributed by atoms with van der Waals surface area (Å²) in [7, 11) is 0. The molecule has 104 valence electrons. The van der Waals surface area contributed by atoms with Crippen molar-refractivity contribution in [1.29, 1.82) is 5.26 Å². The van der Waals surface area contributed by atoms with E-state index in [0.29, 0.717) is 30.8 Å². The van der Waals surface area contributed by atoms with Gasteiger partial charge in [0.1, 0.15) is 0 Å². The van der Waals surface area contributed by atoms with Crippen molar-refractivity contribution in [3.63, 3.8) is 0 Å². The number of benzene rings is 1. The molecule has 0 bridgehead atoms. The molecule has 1 fully saturated rings. The molecule has 0 aliphatic carbocycles. The Bertz CT molecular complexity index is 565. The molecule has 0 saturated carbocycles. The van der Waals surface area contributed by atoms with Crippen LogP contribution >= 0.6 is 0 Å². The van der Waals surface area contributed by atoms with Crippen molar-refractivity contribution in [3.05, 3.63) is 29.8 Å². The molecule has 2 N–H and O–H groups in total. The third-order valence-electron chi connectivity index (χ3n) is 3.28. The number of carbonyl (C=O) groups is 2. The van der Waals surface area contributed by atoms with Crippen LogP contribution in [0.2, 0.25) is 0 Å². The normalized spacial score (nSPS) is 17.6. The minimum absolute atomic E-state index is 0.0173. The maximum atomic E-state index is 12.0. The number of aliphatic carboxylic acids is 1. The van der Waals surface area contributed by atoms with Crippen LogP contribution in [0.15, 0.2) is 24.3 Å². The number of carboxylic acid groups (broad SMARTS) is 1. The number of nitrogens with zero attached hydrogens (tertiary/aromatic N) is 2. The van der Waals surface area contributed by atoms with Crippen LogP contribution in [-0.4, -0.2) is 35.1 Å². The van der Waals surface area contributed by atoms with Gasteiger partial charge in [0.05, 0.1) is 11.6 Å². The second-order valence-corrected chi connectivity index (χ2v) is 4.82. The number of nitriles is 1. The lowest BCUT2D eigenvalue weighted by molar-refractivity contribution is -0.138. The summed E-state index contributed by atoms with van der Waals surface area (Å²) in [6, 6.07) is 8.42. The van der Waals surface area contributed by atoms with Crippen LogP contribution in [0, 0.1) is 17.2 Å². The van der Waals surface area contributed by atoms with E-state index in [1.54, 1.807) is 29.2 Å². The van der Waals surface area contributed by atoms with E-state index in [9.17, 15) is 9.59 Å². The first-order chi connectivity index (χ1) is 9.58. The average Bonchev–Trinajstić information content (AvgIpc) is 2.86. The highest BCUT2D eigenvalue weighted by atomic mass is 16.4. The van der Waals surface area contributed by atoms with Gasteiger partial charge in [-0.25, -0.2) is 4.79 Å². The lowest BCUT2D eigenvalue weighted by Gasteiger charge is -2.17. The molecule has 1 aromatic carbocycles. The first-order valence-corrected chi connectivity index (χ1v) is 6.36. The smallest absolute Gasteiger partial charge is 0.321 e. The van der Waals surface area contributed by atoms with E-state index in [0.717, 1.165) is 0 Å². The van der Waals surface area contributed by atoms with Crippen molar-refractivity contribution in [2.45, 2.75) is 12.8 Å². The van der Waals surface area contributed by atoms with Gasteiger partial charge in [0.25, 0.3) is 0 Å². The van der Waals surface area contributed by atoms with Gasteiger partial charge in [0.2, 0.25) is 0 Å². The van der Waals surface area contributed by atoms with Crippen molar-refractivity contribution in [3.8, 4) is 6.07 Å².